The van der Waals surface area contributed by atoms with Crippen molar-refractivity contribution in [1.29, 1.82) is 0 Å². The van der Waals surface area contributed by atoms with Gasteiger partial charge in [0, 0.05) is 17.3 Å². The van der Waals surface area contributed by atoms with Crippen molar-refractivity contribution in [2.24, 2.45) is 5.73 Å². The maximum absolute atomic E-state index is 5.84. The van der Waals surface area contributed by atoms with Crippen LogP contribution < -0.4 is 5.73 Å². The third-order valence-electron chi connectivity index (χ3n) is 2.39. The van der Waals surface area contributed by atoms with Crippen molar-refractivity contribution in [2.75, 3.05) is 0 Å². The molecule has 1 atom stereocenters. The zero-order chi connectivity index (χ0) is 11.5. The molecule has 86 valence electrons. The monoisotopic (exact) mass is 237 g/mol. The fourth-order valence-corrected chi connectivity index (χ4v) is 2.15. The van der Waals surface area contributed by atoms with E-state index in [2.05, 4.69) is 17.1 Å². The van der Waals surface area contributed by atoms with Crippen LogP contribution >= 0.6 is 11.3 Å². The molecule has 0 aromatic carbocycles. The van der Waals surface area contributed by atoms with E-state index >= 15 is 0 Å². The Labute approximate surface area is 98.5 Å². The lowest BCUT2D eigenvalue weighted by Gasteiger charge is -2.02. The average molecular weight is 237 g/mol. The van der Waals surface area contributed by atoms with Gasteiger partial charge in [0.15, 0.2) is 5.82 Å². The lowest BCUT2D eigenvalue weighted by Crippen LogP contribution is -2.21. The Morgan fingerprint density at radius 1 is 1.50 bits per heavy atom. The van der Waals surface area contributed by atoms with E-state index in [1.807, 2.05) is 19.1 Å². The molecule has 2 aromatic heterocycles. The highest BCUT2D eigenvalue weighted by Gasteiger charge is 2.12. The van der Waals surface area contributed by atoms with Crippen molar-refractivity contribution in [2.45, 2.75) is 32.7 Å². The van der Waals surface area contributed by atoms with E-state index < -0.39 is 0 Å². The van der Waals surface area contributed by atoms with Gasteiger partial charge >= 0.3 is 0 Å². The molecule has 0 saturated heterocycles. The summed E-state index contributed by atoms with van der Waals surface area (Å²) < 4.78 is 5.20. The van der Waals surface area contributed by atoms with Crippen LogP contribution in [0.5, 0.6) is 0 Å². The standard InChI is InChI=1S/C11H15N3OS/c1-3-8(12)6-10-13-11(15-14-10)9-5-4-7(2)16-9/h4-5,8H,3,6,12H2,1-2H3. The van der Waals surface area contributed by atoms with Crippen LogP contribution in [0.4, 0.5) is 0 Å². The minimum Gasteiger partial charge on any atom is -0.333 e. The van der Waals surface area contributed by atoms with Crippen LogP contribution in [0.2, 0.25) is 0 Å². The quantitative estimate of drug-likeness (QED) is 0.886. The Bertz CT molecular complexity index is 463. The second-order valence-electron chi connectivity index (χ2n) is 3.80. The maximum atomic E-state index is 5.84. The number of hydrogen-bond acceptors (Lipinski definition) is 5. The zero-order valence-corrected chi connectivity index (χ0v) is 10.3. The summed E-state index contributed by atoms with van der Waals surface area (Å²) in [4.78, 5) is 6.59. The molecule has 0 bridgehead atoms. The molecule has 2 heterocycles. The van der Waals surface area contributed by atoms with Crippen LogP contribution in [0.1, 0.15) is 24.0 Å². The number of rotatable bonds is 4. The van der Waals surface area contributed by atoms with Gasteiger partial charge < -0.3 is 10.3 Å². The molecule has 16 heavy (non-hydrogen) atoms. The van der Waals surface area contributed by atoms with Crippen LogP contribution in [0.15, 0.2) is 16.7 Å². The Kier molecular flexibility index (Phi) is 3.36. The van der Waals surface area contributed by atoms with Gasteiger partial charge in [0.05, 0.1) is 4.88 Å². The predicted molar refractivity (Wildman–Crippen MR) is 64.3 cm³/mol. The maximum Gasteiger partial charge on any atom is 0.267 e. The fourth-order valence-electron chi connectivity index (χ4n) is 1.37. The van der Waals surface area contributed by atoms with E-state index in [0.717, 1.165) is 11.3 Å². The number of thiophene rings is 1. The molecule has 1 unspecified atom stereocenters. The minimum atomic E-state index is 0.107. The highest BCUT2D eigenvalue weighted by molar-refractivity contribution is 7.15. The van der Waals surface area contributed by atoms with Gasteiger partial charge in [0.2, 0.25) is 0 Å². The third-order valence-corrected chi connectivity index (χ3v) is 3.38. The highest BCUT2D eigenvalue weighted by atomic mass is 32.1. The third kappa shape index (κ3) is 2.48. The van der Waals surface area contributed by atoms with Crippen molar-refractivity contribution in [3.63, 3.8) is 0 Å². The van der Waals surface area contributed by atoms with Crippen molar-refractivity contribution in [3.05, 3.63) is 22.8 Å². The summed E-state index contributed by atoms with van der Waals surface area (Å²) in [6, 6.07) is 4.15. The normalized spacial score (nSPS) is 12.9. The van der Waals surface area contributed by atoms with Crippen LogP contribution in [-0.4, -0.2) is 16.2 Å². The topological polar surface area (TPSA) is 64.9 Å². The molecular weight excluding hydrogens is 222 g/mol. The van der Waals surface area contributed by atoms with E-state index in [9.17, 15) is 0 Å². The van der Waals surface area contributed by atoms with Crippen LogP contribution in [0, 0.1) is 6.92 Å². The molecule has 0 radical (unpaired) electrons. The minimum absolute atomic E-state index is 0.107. The van der Waals surface area contributed by atoms with Crippen LogP contribution in [0.3, 0.4) is 0 Å². The fraction of sp³-hybridized carbons (Fsp3) is 0.455. The number of aromatic nitrogens is 2. The Balaban J connectivity index is 2.13. The summed E-state index contributed by atoms with van der Waals surface area (Å²) >= 11 is 1.65. The second kappa shape index (κ2) is 4.76. The number of aryl methyl sites for hydroxylation is 1. The summed E-state index contributed by atoms with van der Waals surface area (Å²) in [6.45, 7) is 4.10. The van der Waals surface area contributed by atoms with Crippen molar-refractivity contribution < 1.29 is 4.52 Å². The van der Waals surface area contributed by atoms with Crippen molar-refractivity contribution >= 4 is 11.3 Å². The van der Waals surface area contributed by atoms with E-state index in [1.54, 1.807) is 11.3 Å². The molecular formula is C11H15N3OS. The highest BCUT2D eigenvalue weighted by Crippen LogP contribution is 2.26. The molecule has 2 aromatic rings. The van der Waals surface area contributed by atoms with Gasteiger partial charge in [-0.05, 0) is 25.5 Å². The largest absolute Gasteiger partial charge is 0.333 e. The van der Waals surface area contributed by atoms with Crippen molar-refractivity contribution in [3.8, 4) is 10.8 Å². The predicted octanol–water partition coefficient (Wildman–Crippen LogP) is 2.39. The van der Waals surface area contributed by atoms with Gasteiger partial charge in [0.25, 0.3) is 5.89 Å². The first-order valence-corrected chi connectivity index (χ1v) is 6.15. The van der Waals surface area contributed by atoms with Gasteiger partial charge in [-0.3, -0.25) is 0 Å². The summed E-state index contributed by atoms with van der Waals surface area (Å²) in [5.74, 6) is 1.28. The smallest absolute Gasteiger partial charge is 0.267 e. The molecule has 4 nitrogen and oxygen atoms in total. The molecule has 0 aliphatic heterocycles. The molecule has 2 rings (SSSR count). The van der Waals surface area contributed by atoms with Crippen molar-refractivity contribution in [1.82, 2.24) is 10.1 Å². The number of nitrogens with zero attached hydrogens (tertiary/aromatic N) is 2. The average Bonchev–Trinajstić information content (AvgIpc) is 2.87. The SMILES string of the molecule is CCC(N)Cc1noc(-c2ccc(C)s2)n1. The van der Waals surface area contributed by atoms with Gasteiger partial charge in [-0.1, -0.05) is 12.1 Å². The molecule has 0 saturated carbocycles. The number of hydrogen-bond donors (Lipinski definition) is 1. The second-order valence-corrected chi connectivity index (χ2v) is 5.09. The molecule has 2 N–H and O–H groups in total. The molecule has 0 amide bonds. The van der Waals surface area contributed by atoms with Gasteiger partial charge in [-0.15, -0.1) is 11.3 Å². The van der Waals surface area contributed by atoms with Gasteiger partial charge in [0.1, 0.15) is 0 Å². The molecule has 0 fully saturated rings. The van der Waals surface area contributed by atoms with Crippen LogP contribution in [-0.2, 0) is 6.42 Å². The molecule has 5 heteroatoms. The lowest BCUT2D eigenvalue weighted by molar-refractivity contribution is 0.420. The van der Waals surface area contributed by atoms with E-state index in [1.165, 1.54) is 4.88 Å². The summed E-state index contributed by atoms with van der Waals surface area (Å²) in [6.07, 6.45) is 1.59. The Morgan fingerprint density at radius 3 is 2.94 bits per heavy atom. The van der Waals surface area contributed by atoms with E-state index in [0.29, 0.717) is 18.1 Å². The van der Waals surface area contributed by atoms with Gasteiger partial charge in [-0.2, -0.15) is 4.98 Å². The van der Waals surface area contributed by atoms with E-state index in [-0.39, 0.29) is 6.04 Å². The molecule has 0 aliphatic carbocycles. The summed E-state index contributed by atoms with van der Waals surface area (Å²) in [5, 5.41) is 3.93. The van der Waals surface area contributed by atoms with E-state index in [4.69, 9.17) is 10.3 Å². The Hall–Kier alpha value is -1.20. The first-order chi connectivity index (χ1) is 7.69. The summed E-state index contributed by atoms with van der Waals surface area (Å²) in [5.41, 5.74) is 5.84. The first-order valence-electron chi connectivity index (χ1n) is 5.34. The lowest BCUT2D eigenvalue weighted by atomic mass is 10.2. The van der Waals surface area contributed by atoms with Crippen LogP contribution in [0.25, 0.3) is 10.8 Å². The first kappa shape index (κ1) is 11.3. The summed E-state index contributed by atoms with van der Waals surface area (Å²) in [7, 11) is 0. The molecule has 0 spiro atoms. The molecule has 0 aliphatic rings. The zero-order valence-electron chi connectivity index (χ0n) is 9.43. The van der Waals surface area contributed by atoms with Gasteiger partial charge in [-0.25, -0.2) is 0 Å². The number of nitrogens with two attached hydrogens (primary N) is 1. The Morgan fingerprint density at radius 2 is 2.31 bits per heavy atom.